The van der Waals surface area contributed by atoms with Gasteiger partial charge in [-0.15, -0.1) is 0 Å². The first-order valence-electron chi connectivity index (χ1n) is 5.98. The third kappa shape index (κ3) is 3.11. The van der Waals surface area contributed by atoms with Crippen molar-refractivity contribution in [2.45, 2.75) is 19.9 Å². The molecule has 0 fully saturated rings. The van der Waals surface area contributed by atoms with Crippen molar-refractivity contribution in [1.29, 1.82) is 0 Å². The third-order valence-corrected chi connectivity index (χ3v) is 3.06. The van der Waals surface area contributed by atoms with Crippen LogP contribution in [0.25, 0.3) is 0 Å². The summed E-state index contributed by atoms with van der Waals surface area (Å²) in [5.74, 6) is 0.652. The van der Waals surface area contributed by atoms with E-state index in [9.17, 15) is 5.11 Å². The van der Waals surface area contributed by atoms with E-state index < -0.39 is 0 Å². The van der Waals surface area contributed by atoms with Gasteiger partial charge in [-0.05, 0) is 30.8 Å². The molecular weight excluding hydrogens is 216 g/mol. The van der Waals surface area contributed by atoms with Gasteiger partial charge in [0.05, 0.1) is 7.11 Å². The Hall–Kier alpha value is -1.26. The molecule has 3 N–H and O–H groups in total. The van der Waals surface area contributed by atoms with Crippen LogP contribution in [0, 0.1) is 0 Å². The molecule has 1 atom stereocenters. The van der Waals surface area contributed by atoms with Crippen LogP contribution in [0.4, 0.5) is 0 Å². The number of likely N-dealkylation sites (N-methyl/N-ethyl adjacent to an activating group) is 1. The first-order chi connectivity index (χ1) is 8.17. The van der Waals surface area contributed by atoms with Crippen LogP contribution in [0.1, 0.15) is 25.5 Å². The number of nitrogens with zero attached hydrogens (tertiary/aromatic N) is 1. The maximum absolute atomic E-state index is 9.57. The van der Waals surface area contributed by atoms with E-state index in [0.717, 1.165) is 18.7 Å². The first-order valence-corrected chi connectivity index (χ1v) is 5.98. The van der Waals surface area contributed by atoms with E-state index in [0.29, 0.717) is 12.3 Å². The largest absolute Gasteiger partial charge is 0.504 e. The van der Waals surface area contributed by atoms with Crippen molar-refractivity contribution in [2.75, 3.05) is 26.7 Å². The lowest BCUT2D eigenvalue weighted by atomic mass is 10.0. The summed E-state index contributed by atoms with van der Waals surface area (Å²) in [7, 11) is 1.55. The highest BCUT2D eigenvalue weighted by Crippen LogP contribution is 2.30. The van der Waals surface area contributed by atoms with Crippen molar-refractivity contribution in [3.63, 3.8) is 0 Å². The number of ether oxygens (including phenoxy) is 1. The van der Waals surface area contributed by atoms with Crippen molar-refractivity contribution < 1.29 is 9.84 Å². The molecule has 0 saturated carbocycles. The molecule has 17 heavy (non-hydrogen) atoms. The summed E-state index contributed by atoms with van der Waals surface area (Å²) < 4.78 is 5.12. The molecule has 0 aliphatic carbocycles. The topological polar surface area (TPSA) is 58.7 Å². The molecule has 0 saturated heterocycles. The molecule has 0 amide bonds. The number of methoxy groups -OCH3 is 1. The van der Waals surface area contributed by atoms with Gasteiger partial charge in [-0.25, -0.2) is 0 Å². The fourth-order valence-electron chi connectivity index (χ4n) is 2.06. The molecule has 0 radical (unpaired) electrons. The summed E-state index contributed by atoms with van der Waals surface area (Å²) in [6.45, 7) is 6.67. The van der Waals surface area contributed by atoms with E-state index in [4.69, 9.17) is 10.5 Å². The summed E-state index contributed by atoms with van der Waals surface area (Å²) in [4.78, 5) is 2.28. The summed E-state index contributed by atoms with van der Waals surface area (Å²) in [5.41, 5.74) is 6.92. The zero-order valence-electron chi connectivity index (χ0n) is 10.8. The number of aromatic hydroxyl groups is 1. The zero-order valence-corrected chi connectivity index (χ0v) is 10.8. The standard InChI is InChI=1S/C13H22N2O2/c1-4-15(5-2)11(9-14)10-6-7-12(16)13(8-10)17-3/h6-8,11,16H,4-5,9,14H2,1-3H3. The second kappa shape index (κ2) is 6.47. The Morgan fingerprint density at radius 2 is 2.00 bits per heavy atom. The Balaban J connectivity index is 3.03. The van der Waals surface area contributed by atoms with Gasteiger partial charge in [-0.2, -0.15) is 0 Å². The molecule has 0 bridgehead atoms. The Labute approximate surface area is 103 Å². The number of hydrogen-bond acceptors (Lipinski definition) is 4. The van der Waals surface area contributed by atoms with Gasteiger partial charge < -0.3 is 15.6 Å². The van der Waals surface area contributed by atoms with E-state index in [-0.39, 0.29) is 11.8 Å². The lowest BCUT2D eigenvalue weighted by Gasteiger charge is -2.29. The minimum Gasteiger partial charge on any atom is -0.504 e. The van der Waals surface area contributed by atoms with E-state index in [2.05, 4.69) is 18.7 Å². The predicted molar refractivity (Wildman–Crippen MR) is 69.4 cm³/mol. The molecule has 0 aliphatic rings. The Morgan fingerprint density at radius 1 is 1.35 bits per heavy atom. The molecule has 0 spiro atoms. The second-order valence-corrected chi connectivity index (χ2v) is 3.90. The lowest BCUT2D eigenvalue weighted by Crippen LogP contribution is -2.33. The van der Waals surface area contributed by atoms with Gasteiger partial charge >= 0.3 is 0 Å². The molecule has 96 valence electrons. The van der Waals surface area contributed by atoms with Crippen molar-refractivity contribution >= 4 is 0 Å². The van der Waals surface area contributed by atoms with Crippen LogP contribution in [0.15, 0.2) is 18.2 Å². The van der Waals surface area contributed by atoms with E-state index in [1.165, 1.54) is 0 Å². The van der Waals surface area contributed by atoms with Crippen molar-refractivity contribution in [2.24, 2.45) is 5.73 Å². The number of phenols is 1. The Bertz CT molecular complexity index is 351. The van der Waals surface area contributed by atoms with Crippen molar-refractivity contribution in [1.82, 2.24) is 4.90 Å². The van der Waals surface area contributed by atoms with Gasteiger partial charge in [0.25, 0.3) is 0 Å². The van der Waals surface area contributed by atoms with Crippen LogP contribution in [0.2, 0.25) is 0 Å². The Kier molecular flexibility index (Phi) is 5.25. The molecule has 0 heterocycles. The predicted octanol–water partition coefficient (Wildman–Crippen LogP) is 1.74. The van der Waals surface area contributed by atoms with Crippen molar-refractivity contribution in [3.05, 3.63) is 23.8 Å². The van der Waals surface area contributed by atoms with Gasteiger partial charge in [-0.3, -0.25) is 4.90 Å². The third-order valence-electron chi connectivity index (χ3n) is 3.06. The molecule has 0 aliphatic heterocycles. The fraction of sp³-hybridized carbons (Fsp3) is 0.538. The van der Waals surface area contributed by atoms with Gasteiger partial charge in [0.1, 0.15) is 0 Å². The van der Waals surface area contributed by atoms with Crippen LogP contribution in [0.3, 0.4) is 0 Å². The number of rotatable bonds is 6. The average molecular weight is 238 g/mol. The first kappa shape index (κ1) is 13.8. The molecular formula is C13H22N2O2. The normalized spacial score (nSPS) is 12.8. The van der Waals surface area contributed by atoms with Crippen LogP contribution in [0.5, 0.6) is 11.5 Å². The number of nitrogens with two attached hydrogens (primary N) is 1. The Morgan fingerprint density at radius 3 is 2.47 bits per heavy atom. The molecule has 4 nitrogen and oxygen atoms in total. The molecule has 0 aromatic heterocycles. The summed E-state index contributed by atoms with van der Waals surface area (Å²) in [5, 5.41) is 9.57. The average Bonchev–Trinajstić information content (AvgIpc) is 2.36. The van der Waals surface area contributed by atoms with Gasteiger partial charge in [-0.1, -0.05) is 19.9 Å². The minimum absolute atomic E-state index is 0.159. The van der Waals surface area contributed by atoms with E-state index in [1.54, 1.807) is 13.2 Å². The van der Waals surface area contributed by atoms with E-state index >= 15 is 0 Å². The maximum atomic E-state index is 9.57. The minimum atomic E-state index is 0.159. The summed E-state index contributed by atoms with van der Waals surface area (Å²) in [6.07, 6.45) is 0. The highest BCUT2D eigenvalue weighted by Gasteiger charge is 2.17. The molecule has 4 heteroatoms. The fourth-order valence-corrected chi connectivity index (χ4v) is 2.06. The lowest BCUT2D eigenvalue weighted by molar-refractivity contribution is 0.223. The van der Waals surface area contributed by atoms with E-state index in [1.807, 2.05) is 12.1 Å². The summed E-state index contributed by atoms with van der Waals surface area (Å²) in [6, 6.07) is 5.57. The second-order valence-electron chi connectivity index (χ2n) is 3.90. The number of benzene rings is 1. The molecule has 1 unspecified atom stereocenters. The highest BCUT2D eigenvalue weighted by atomic mass is 16.5. The van der Waals surface area contributed by atoms with Crippen LogP contribution < -0.4 is 10.5 Å². The maximum Gasteiger partial charge on any atom is 0.160 e. The number of hydrogen-bond donors (Lipinski definition) is 2. The van der Waals surface area contributed by atoms with Crippen molar-refractivity contribution in [3.8, 4) is 11.5 Å². The van der Waals surface area contributed by atoms with Gasteiger partial charge in [0, 0.05) is 12.6 Å². The van der Waals surface area contributed by atoms with Gasteiger partial charge in [0.15, 0.2) is 11.5 Å². The molecule has 1 aromatic rings. The monoisotopic (exact) mass is 238 g/mol. The van der Waals surface area contributed by atoms with Crippen LogP contribution in [-0.4, -0.2) is 36.8 Å². The highest BCUT2D eigenvalue weighted by molar-refractivity contribution is 5.42. The van der Waals surface area contributed by atoms with Gasteiger partial charge in [0.2, 0.25) is 0 Å². The quantitative estimate of drug-likeness (QED) is 0.792. The van der Waals surface area contributed by atoms with Crippen LogP contribution in [-0.2, 0) is 0 Å². The van der Waals surface area contributed by atoms with Crippen LogP contribution >= 0.6 is 0 Å². The summed E-state index contributed by atoms with van der Waals surface area (Å²) >= 11 is 0. The SMILES string of the molecule is CCN(CC)C(CN)c1ccc(O)c(OC)c1. The number of phenolic OH excluding ortho intramolecular Hbond substituents is 1. The molecule has 1 aromatic carbocycles. The molecule has 1 rings (SSSR count). The zero-order chi connectivity index (χ0) is 12.8. The smallest absolute Gasteiger partial charge is 0.160 e.